The zero-order valence-corrected chi connectivity index (χ0v) is 16.9. The molecule has 29 heavy (non-hydrogen) atoms. The third kappa shape index (κ3) is 4.82. The van der Waals surface area contributed by atoms with Gasteiger partial charge in [0.2, 0.25) is 5.91 Å². The van der Waals surface area contributed by atoms with Gasteiger partial charge in [0.25, 0.3) is 0 Å². The summed E-state index contributed by atoms with van der Waals surface area (Å²) >= 11 is 0. The van der Waals surface area contributed by atoms with Crippen molar-refractivity contribution < 1.29 is 19.0 Å². The minimum absolute atomic E-state index is 0.00426. The maximum absolute atomic E-state index is 12.6. The van der Waals surface area contributed by atoms with Crippen molar-refractivity contribution in [2.75, 3.05) is 38.2 Å². The molecule has 0 saturated carbocycles. The van der Waals surface area contributed by atoms with Crippen LogP contribution in [0.2, 0.25) is 0 Å². The molecule has 2 aliphatic rings. The number of hydrogen-bond acceptors (Lipinski definition) is 5. The molecule has 154 valence electrons. The largest absolute Gasteiger partial charge is 0.494 e. The predicted molar refractivity (Wildman–Crippen MR) is 112 cm³/mol. The lowest BCUT2D eigenvalue weighted by Gasteiger charge is -2.25. The summed E-state index contributed by atoms with van der Waals surface area (Å²) in [6.07, 6.45) is 3.01. The smallest absolute Gasteiger partial charge is 0.238 e. The van der Waals surface area contributed by atoms with Gasteiger partial charge in [-0.3, -0.25) is 9.69 Å². The molecule has 0 aliphatic carbocycles. The van der Waals surface area contributed by atoms with Crippen LogP contribution in [0.3, 0.4) is 0 Å². The first-order valence-electron chi connectivity index (χ1n) is 10.4. The van der Waals surface area contributed by atoms with E-state index in [4.69, 9.17) is 14.2 Å². The number of nitrogens with zero attached hydrogens (tertiary/aromatic N) is 1. The standard InChI is InChI=1S/C23H28N2O4/c1-2-27-19-9-7-18(8-10-19)24-23(26)16-25-12-3-5-20(25)17-6-11-21-22(15-17)29-14-4-13-28-21/h6-11,15,20H,2-5,12-14,16H2,1H3,(H,24,26)/t20-/m1/s1. The van der Waals surface area contributed by atoms with E-state index in [-0.39, 0.29) is 11.9 Å². The molecule has 1 fully saturated rings. The number of carbonyl (C=O) groups is 1. The van der Waals surface area contributed by atoms with Crippen LogP contribution in [0.15, 0.2) is 42.5 Å². The fraction of sp³-hybridized carbons (Fsp3) is 0.435. The highest BCUT2D eigenvalue weighted by molar-refractivity contribution is 5.92. The fourth-order valence-electron chi connectivity index (χ4n) is 3.97. The Bertz CT molecular complexity index is 837. The van der Waals surface area contributed by atoms with Crippen LogP contribution < -0.4 is 19.5 Å². The fourth-order valence-corrected chi connectivity index (χ4v) is 3.97. The van der Waals surface area contributed by atoms with Crippen LogP contribution in [0.1, 0.15) is 37.8 Å². The van der Waals surface area contributed by atoms with E-state index in [1.54, 1.807) is 0 Å². The summed E-state index contributed by atoms with van der Waals surface area (Å²) in [7, 11) is 0. The van der Waals surface area contributed by atoms with Crippen molar-refractivity contribution in [2.45, 2.75) is 32.2 Å². The highest BCUT2D eigenvalue weighted by Gasteiger charge is 2.28. The third-order valence-corrected chi connectivity index (χ3v) is 5.32. The van der Waals surface area contributed by atoms with Crippen LogP contribution >= 0.6 is 0 Å². The van der Waals surface area contributed by atoms with Crippen molar-refractivity contribution in [3.05, 3.63) is 48.0 Å². The Hall–Kier alpha value is -2.73. The molecular weight excluding hydrogens is 368 g/mol. The third-order valence-electron chi connectivity index (χ3n) is 5.32. The SMILES string of the molecule is CCOc1ccc(NC(=O)CN2CCC[C@@H]2c2ccc3c(c2)OCCCO3)cc1. The highest BCUT2D eigenvalue weighted by Crippen LogP contribution is 2.37. The van der Waals surface area contributed by atoms with E-state index >= 15 is 0 Å². The molecule has 0 aromatic heterocycles. The van der Waals surface area contributed by atoms with Gasteiger partial charge in [-0.1, -0.05) is 6.07 Å². The molecule has 4 rings (SSSR count). The predicted octanol–water partition coefficient (Wildman–Crippen LogP) is 4.02. The van der Waals surface area contributed by atoms with Gasteiger partial charge in [-0.25, -0.2) is 0 Å². The minimum atomic E-state index is -0.00426. The zero-order chi connectivity index (χ0) is 20.1. The minimum Gasteiger partial charge on any atom is -0.494 e. The summed E-state index contributed by atoms with van der Waals surface area (Å²) in [5, 5.41) is 2.99. The molecule has 2 aromatic rings. The summed E-state index contributed by atoms with van der Waals surface area (Å²) < 4.78 is 17.0. The van der Waals surface area contributed by atoms with Crippen LogP contribution in [0.25, 0.3) is 0 Å². The molecule has 0 bridgehead atoms. The van der Waals surface area contributed by atoms with Crippen LogP contribution in [0.5, 0.6) is 17.2 Å². The van der Waals surface area contributed by atoms with Gasteiger partial charge in [0.15, 0.2) is 11.5 Å². The first-order chi connectivity index (χ1) is 14.2. The lowest BCUT2D eigenvalue weighted by atomic mass is 10.0. The number of anilines is 1. The molecule has 0 unspecified atom stereocenters. The molecule has 1 saturated heterocycles. The second kappa shape index (κ2) is 9.18. The van der Waals surface area contributed by atoms with Crippen molar-refractivity contribution in [3.8, 4) is 17.2 Å². The number of rotatable bonds is 6. The topological polar surface area (TPSA) is 60.0 Å². The first kappa shape index (κ1) is 19.6. The van der Waals surface area contributed by atoms with Crippen LogP contribution in [0.4, 0.5) is 5.69 Å². The summed E-state index contributed by atoms with van der Waals surface area (Å²) in [6, 6.07) is 13.9. The molecule has 1 atom stereocenters. The Morgan fingerprint density at radius 1 is 1.10 bits per heavy atom. The number of hydrogen-bond donors (Lipinski definition) is 1. The van der Waals surface area contributed by atoms with Gasteiger partial charge in [0.05, 0.1) is 26.4 Å². The summed E-state index contributed by atoms with van der Waals surface area (Å²) in [5.74, 6) is 2.42. The van der Waals surface area contributed by atoms with E-state index in [1.165, 1.54) is 5.56 Å². The van der Waals surface area contributed by atoms with Gasteiger partial charge in [-0.2, -0.15) is 0 Å². The Labute approximate surface area is 171 Å². The van der Waals surface area contributed by atoms with Crippen molar-refractivity contribution in [1.29, 1.82) is 0 Å². The number of likely N-dealkylation sites (tertiary alicyclic amines) is 1. The van der Waals surface area contributed by atoms with Gasteiger partial charge in [0, 0.05) is 18.2 Å². The molecule has 1 amide bonds. The van der Waals surface area contributed by atoms with Gasteiger partial charge in [-0.15, -0.1) is 0 Å². The van der Waals surface area contributed by atoms with E-state index in [2.05, 4.69) is 22.3 Å². The monoisotopic (exact) mass is 396 g/mol. The van der Waals surface area contributed by atoms with Crippen molar-refractivity contribution in [3.63, 3.8) is 0 Å². The first-order valence-corrected chi connectivity index (χ1v) is 10.4. The molecule has 6 nitrogen and oxygen atoms in total. The van der Waals surface area contributed by atoms with Crippen LogP contribution in [0, 0.1) is 0 Å². The number of fused-ring (bicyclic) bond motifs is 1. The van der Waals surface area contributed by atoms with Crippen LogP contribution in [-0.2, 0) is 4.79 Å². The molecule has 2 aromatic carbocycles. The molecule has 0 radical (unpaired) electrons. The number of carbonyl (C=O) groups excluding carboxylic acids is 1. The maximum atomic E-state index is 12.6. The van der Waals surface area contributed by atoms with E-state index < -0.39 is 0 Å². The molecule has 6 heteroatoms. The van der Waals surface area contributed by atoms with Crippen molar-refractivity contribution in [2.24, 2.45) is 0 Å². The van der Waals surface area contributed by atoms with E-state index in [9.17, 15) is 4.79 Å². The molecule has 0 spiro atoms. The second-order valence-electron chi connectivity index (χ2n) is 7.39. The summed E-state index contributed by atoms with van der Waals surface area (Å²) in [6.45, 7) is 5.22. The van der Waals surface area contributed by atoms with Crippen molar-refractivity contribution in [1.82, 2.24) is 4.90 Å². The van der Waals surface area contributed by atoms with E-state index in [1.807, 2.05) is 37.3 Å². The van der Waals surface area contributed by atoms with Crippen molar-refractivity contribution >= 4 is 11.6 Å². The van der Waals surface area contributed by atoms with E-state index in [0.717, 1.165) is 48.7 Å². The summed E-state index contributed by atoms with van der Waals surface area (Å²) in [4.78, 5) is 14.8. The lowest BCUT2D eigenvalue weighted by molar-refractivity contribution is -0.117. The quantitative estimate of drug-likeness (QED) is 0.799. The van der Waals surface area contributed by atoms with Gasteiger partial charge in [0.1, 0.15) is 5.75 Å². The normalized spacial score (nSPS) is 18.9. The Balaban J connectivity index is 1.39. The van der Waals surface area contributed by atoms with Gasteiger partial charge in [-0.05, 0) is 68.3 Å². The Morgan fingerprint density at radius 2 is 1.90 bits per heavy atom. The maximum Gasteiger partial charge on any atom is 0.238 e. The van der Waals surface area contributed by atoms with Gasteiger partial charge >= 0.3 is 0 Å². The van der Waals surface area contributed by atoms with Gasteiger partial charge < -0.3 is 19.5 Å². The average Bonchev–Trinajstić information content (AvgIpc) is 3.04. The average molecular weight is 396 g/mol. The molecular formula is C23H28N2O4. The number of ether oxygens (including phenoxy) is 3. The highest BCUT2D eigenvalue weighted by atomic mass is 16.5. The molecule has 1 N–H and O–H groups in total. The van der Waals surface area contributed by atoms with E-state index in [0.29, 0.717) is 26.4 Å². The lowest BCUT2D eigenvalue weighted by Crippen LogP contribution is -2.32. The molecule has 2 aliphatic heterocycles. The van der Waals surface area contributed by atoms with Crippen LogP contribution in [-0.4, -0.2) is 43.7 Å². The summed E-state index contributed by atoms with van der Waals surface area (Å²) in [5.41, 5.74) is 1.96. The molecule has 2 heterocycles. The number of amides is 1. The number of nitrogens with one attached hydrogen (secondary N) is 1. The second-order valence-corrected chi connectivity index (χ2v) is 7.39. The zero-order valence-electron chi connectivity index (χ0n) is 16.9. The Morgan fingerprint density at radius 3 is 2.69 bits per heavy atom. The number of benzene rings is 2. The Kier molecular flexibility index (Phi) is 6.20.